The molecule has 0 saturated heterocycles. The minimum atomic E-state index is -4.60. The zero-order valence-electron chi connectivity index (χ0n) is 16.4. The van der Waals surface area contributed by atoms with Gasteiger partial charge in [-0.3, -0.25) is 4.79 Å². The predicted molar refractivity (Wildman–Crippen MR) is 115 cm³/mol. The van der Waals surface area contributed by atoms with Gasteiger partial charge < -0.3 is 16.0 Å². The molecule has 2 heterocycles. The average Bonchev–Trinajstić information content (AvgIpc) is 3.26. The number of halogens is 7. The van der Waals surface area contributed by atoms with Gasteiger partial charge in [0.15, 0.2) is 0 Å². The van der Waals surface area contributed by atoms with E-state index in [1.807, 2.05) is 0 Å². The Hall–Kier alpha value is -2.99. The summed E-state index contributed by atoms with van der Waals surface area (Å²) in [6.07, 6.45) is -8.55. The van der Waals surface area contributed by atoms with Crippen LogP contribution in [-0.4, -0.2) is 24.0 Å². The van der Waals surface area contributed by atoms with Crippen molar-refractivity contribution in [3.8, 4) is 0 Å². The molecule has 176 valence electrons. The largest absolute Gasteiger partial charge is 0.417 e. The summed E-state index contributed by atoms with van der Waals surface area (Å²) in [6.45, 7) is 0.254. The first kappa shape index (κ1) is 24.6. The van der Waals surface area contributed by atoms with E-state index in [-0.39, 0.29) is 35.3 Å². The number of aromatic nitrogens is 1. The van der Waals surface area contributed by atoms with Crippen LogP contribution in [0.3, 0.4) is 0 Å². The number of nitrogens with one attached hydrogen (secondary N) is 3. The summed E-state index contributed by atoms with van der Waals surface area (Å²) in [4.78, 5) is 16.3. The lowest BCUT2D eigenvalue weighted by Crippen LogP contribution is -2.18. The molecule has 0 unspecified atom stereocenters. The van der Waals surface area contributed by atoms with Crippen molar-refractivity contribution in [1.82, 2.24) is 4.98 Å². The van der Waals surface area contributed by atoms with Crippen LogP contribution in [-0.2, 0) is 12.4 Å². The molecule has 0 saturated carbocycles. The molecule has 1 amide bonds. The summed E-state index contributed by atoms with van der Waals surface area (Å²) < 4.78 is 77.4. The molecule has 0 aliphatic heterocycles. The van der Waals surface area contributed by atoms with Gasteiger partial charge in [-0.15, -0.1) is 11.3 Å². The van der Waals surface area contributed by atoms with Crippen molar-refractivity contribution in [3.05, 3.63) is 69.0 Å². The van der Waals surface area contributed by atoms with Gasteiger partial charge in [-0.25, -0.2) is 4.98 Å². The molecule has 3 aromatic rings. The number of amides is 1. The van der Waals surface area contributed by atoms with E-state index < -0.39 is 29.4 Å². The lowest BCUT2D eigenvalue weighted by molar-refractivity contribution is -0.138. The molecule has 13 heteroatoms. The molecule has 2 aromatic heterocycles. The van der Waals surface area contributed by atoms with E-state index in [1.165, 1.54) is 12.1 Å². The Morgan fingerprint density at radius 1 is 0.939 bits per heavy atom. The van der Waals surface area contributed by atoms with Crippen LogP contribution in [0.1, 0.15) is 20.8 Å². The number of carbonyl (C=O) groups is 1. The summed E-state index contributed by atoms with van der Waals surface area (Å²) in [7, 11) is 0. The van der Waals surface area contributed by atoms with Gasteiger partial charge in [0.2, 0.25) is 0 Å². The van der Waals surface area contributed by atoms with Crippen LogP contribution in [0.25, 0.3) is 0 Å². The van der Waals surface area contributed by atoms with E-state index in [0.717, 1.165) is 29.5 Å². The van der Waals surface area contributed by atoms with Gasteiger partial charge in [0, 0.05) is 19.3 Å². The number of hydrogen-bond donors (Lipinski definition) is 3. The molecule has 0 fully saturated rings. The van der Waals surface area contributed by atoms with Crippen molar-refractivity contribution in [1.29, 1.82) is 0 Å². The molecule has 0 spiro atoms. The molecule has 3 N–H and O–H groups in total. The van der Waals surface area contributed by atoms with E-state index >= 15 is 0 Å². The molecule has 0 radical (unpaired) electrons. The van der Waals surface area contributed by atoms with Gasteiger partial charge in [0.25, 0.3) is 5.91 Å². The van der Waals surface area contributed by atoms with Gasteiger partial charge in [-0.1, -0.05) is 17.7 Å². The highest BCUT2D eigenvalue weighted by atomic mass is 35.5. The first-order chi connectivity index (χ1) is 15.4. The lowest BCUT2D eigenvalue weighted by atomic mass is 10.1. The summed E-state index contributed by atoms with van der Waals surface area (Å²) in [6, 6.07) is 6.76. The minimum absolute atomic E-state index is 0.0186. The second-order valence-corrected chi connectivity index (χ2v) is 7.95. The Balaban J connectivity index is 1.68. The molecular weight excluding hydrogens is 494 g/mol. The van der Waals surface area contributed by atoms with Gasteiger partial charge in [-0.2, -0.15) is 26.3 Å². The smallest absolute Gasteiger partial charge is 0.382 e. The first-order valence-corrected chi connectivity index (χ1v) is 10.5. The second kappa shape index (κ2) is 9.87. The van der Waals surface area contributed by atoms with Crippen molar-refractivity contribution in [2.75, 3.05) is 29.0 Å². The maximum absolute atomic E-state index is 13.1. The number of thiophene rings is 1. The highest BCUT2D eigenvalue weighted by Crippen LogP contribution is 2.35. The fraction of sp³-hybridized carbons (Fsp3) is 0.200. The Labute approximate surface area is 192 Å². The highest BCUT2D eigenvalue weighted by Gasteiger charge is 2.32. The van der Waals surface area contributed by atoms with E-state index in [2.05, 4.69) is 20.9 Å². The number of hydrogen-bond acceptors (Lipinski definition) is 5. The van der Waals surface area contributed by atoms with Crippen LogP contribution < -0.4 is 16.0 Å². The lowest BCUT2D eigenvalue weighted by Gasteiger charge is -2.16. The van der Waals surface area contributed by atoms with Crippen LogP contribution in [0.4, 0.5) is 43.5 Å². The Morgan fingerprint density at radius 2 is 1.64 bits per heavy atom. The van der Waals surface area contributed by atoms with Crippen LogP contribution in [0.5, 0.6) is 0 Å². The minimum Gasteiger partial charge on any atom is -0.382 e. The number of carbonyl (C=O) groups excluding carboxylic acids is 1. The zero-order valence-corrected chi connectivity index (χ0v) is 18.0. The number of nitrogens with zero attached hydrogens (tertiary/aromatic N) is 1. The van der Waals surface area contributed by atoms with Crippen molar-refractivity contribution in [2.45, 2.75) is 12.4 Å². The number of benzene rings is 1. The van der Waals surface area contributed by atoms with Crippen LogP contribution in [0.15, 0.2) is 48.0 Å². The molecule has 3 rings (SSSR count). The summed E-state index contributed by atoms with van der Waals surface area (Å²) in [5.41, 5.74) is -1.78. The fourth-order valence-corrected chi connectivity index (χ4v) is 3.52. The fourth-order valence-electron chi connectivity index (χ4n) is 2.67. The summed E-state index contributed by atoms with van der Waals surface area (Å²) >= 11 is 6.96. The molecule has 0 atom stereocenters. The maximum Gasteiger partial charge on any atom is 0.417 e. The Kier molecular flexibility index (Phi) is 7.38. The zero-order chi connectivity index (χ0) is 24.2. The van der Waals surface area contributed by atoms with Gasteiger partial charge >= 0.3 is 12.4 Å². The van der Waals surface area contributed by atoms with E-state index in [0.29, 0.717) is 11.1 Å². The Bertz CT molecular complexity index is 1120. The normalized spacial score (nSPS) is 11.8. The quantitative estimate of drug-likeness (QED) is 0.248. The van der Waals surface area contributed by atoms with Crippen molar-refractivity contribution in [3.63, 3.8) is 0 Å². The van der Waals surface area contributed by atoms with Crippen LogP contribution in [0.2, 0.25) is 5.02 Å². The maximum atomic E-state index is 13.1. The van der Waals surface area contributed by atoms with Crippen molar-refractivity contribution in [2.24, 2.45) is 0 Å². The summed E-state index contributed by atoms with van der Waals surface area (Å²) in [5, 5.41) is 9.51. The Morgan fingerprint density at radius 3 is 2.24 bits per heavy atom. The topological polar surface area (TPSA) is 66.1 Å². The molecular formula is C20H15ClF6N4OS. The van der Waals surface area contributed by atoms with Crippen LogP contribution >= 0.6 is 22.9 Å². The van der Waals surface area contributed by atoms with Gasteiger partial charge in [0.05, 0.1) is 32.4 Å². The predicted octanol–water partition coefficient (Wildman–Crippen LogP) is 6.61. The number of rotatable bonds is 7. The van der Waals surface area contributed by atoms with Gasteiger partial charge in [-0.05, 0) is 35.7 Å². The SMILES string of the molecule is O=C(Nc1cc(C(F)(F)F)ccc1NCCNc1ncc(C(F)(F)F)cc1Cl)c1cccs1. The third-order valence-corrected chi connectivity index (χ3v) is 5.40. The van der Waals surface area contributed by atoms with Gasteiger partial charge in [0.1, 0.15) is 5.82 Å². The number of alkyl halides is 6. The van der Waals surface area contributed by atoms with E-state index in [9.17, 15) is 31.1 Å². The summed E-state index contributed by atoms with van der Waals surface area (Å²) in [5.74, 6) is -0.545. The molecule has 0 aliphatic rings. The number of pyridine rings is 1. The number of anilines is 3. The molecule has 0 bridgehead atoms. The molecule has 0 aliphatic carbocycles. The molecule has 33 heavy (non-hydrogen) atoms. The molecule has 1 aromatic carbocycles. The second-order valence-electron chi connectivity index (χ2n) is 6.60. The average molecular weight is 509 g/mol. The van der Waals surface area contributed by atoms with Crippen LogP contribution in [0, 0.1) is 0 Å². The first-order valence-electron chi connectivity index (χ1n) is 9.22. The third kappa shape index (κ3) is 6.51. The van der Waals surface area contributed by atoms with E-state index in [1.54, 1.807) is 11.4 Å². The molecule has 5 nitrogen and oxygen atoms in total. The highest BCUT2D eigenvalue weighted by molar-refractivity contribution is 7.12. The standard InChI is InChI=1S/C20H15ClF6N4OS/c21-13-8-12(20(25,26)27)10-30-17(13)29-6-5-28-14-4-3-11(19(22,23)24)9-15(14)31-18(32)16-2-1-7-33-16/h1-4,7-10,28H,5-6H2,(H,29,30)(H,31,32). The monoisotopic (exact) mass is 508 g/mol. The third-order valence-electron chi connectivity index (χ3n) is 4.24. The van der Waals surface area contributed by atoms with Crippen molar-refractivity contribution >= 4 is 46.0 Å². The van der Waals surface area contributed by atoms with Crippen molar-refractivity contribution < 1.29 is 31.1 Å². The van der Waals surface area contributed by atoms with E-state index in [4.69, 9.17) is 11.6 Å².